The number of hydrogen-bond acceptors (Lipinski definition) is 5. The van der Waals surface area contributed by atoms with E-state index in [-0.39, 0.29) is 6.61 Å². The number of aryl methyl sites for hydroxylation is 1. The van der Waals surface area contributed by atoms with Crippen molar-refractivity contribution in [2.24, 2.45) is 0 Å². The summed E-state index contributed by atoms with van der Waals surface area (Å²) in [5, 5.41) is 20.1. The summed E-state index contributed by atoms with van der Waals surface area (Å²) in [5.74, 6) is -0.971. The first-order valence-electron chi connectivity index (χ1n) is 12.2. The van der Waals surface area contributed by atoms with Crippen molar-refractivity contribution in [2.75, 3.05) is 18.0 Å². The van der Waals surface area contributed by atoms with E-state index in [1.54, 1.807) is 6.92 Å². The molecule has 0 amide bonds. The summed E-state index contributed by atoms with van der Waals surface area (Å²) in [6.45, 7) is 8.44. The van der Waals surface area contributed by atoms with Crippen molar-refractivity contribution in [3.63, 3.8) is 0 Å². The number of para-hydroxylation sites is 2. The Morgan fingerprint density at radius 2 is 1.89 bits per heavy atom. The molecule has 5 rings (SSSR count). The molecule has 1 aliphatic rings. The molecular formula is C27H31N5O3. The van der Waals surface area contributed by atoms with Crippen LogP contribution in [0.15, 0.2) is 54.7 Å². The van der Waals surface area contributed by atoms with Crippen LogP contribution >= 0.6 is 0 Å². The zero-order valence-electron chi connectivity index (χ0n) is 20.4. The molecule has 1 aliphatic heterocycles. The van der Waals surface area contributed by atoms with E-state index >= 15 is 0 Å². The van der Waals surface area contributed by atoms with Crippen LogP contribution in [0.3, 0.4) is 0 Å². The van der Waals surface area contributed by atoms with Gasteiger partial charge in [-0.1, -0.05) is 31.2 Å². The van der Waals surface area contributed by atoms with Gasteiger partial charge in [-0.05, 0) is 51.0 Å². The van der Waals surface area contributed by atoms with Crippen LogP contribution in [0.2, 0.25) is 0 Å². The van der Waals surface area contributed by atoms with Gasteiger partial charge in [0.15, 0.2) is 5.60 Å². The molecule has 8 nitrogen and oxygen atoms in total. The monoisotopic (exact) mass is 473 g/mol. The number of rotatable bonds is 9. The van der Waals surface area contributed by atoms with Crippen LogP contribution in [0.5, 0.6) is 0 Å². The van der Waals surface area contributed by atoms with Gasteiger partial charge in [-0.3, -0.25) is 4.68 Å². The average Bonchev–Trinajstić information content (AvgIpc) is 3.45. The molecule has 8 heteroatoms. The van der Waals surface area contributed by atoms with E-state index in [0.29, 0.717) is 12.1 Å². The SMILES string of the molecule is CCn1ncc2ccc(-c3cc(COC(C)(CC)C(=O)O)nn3-c3ccccc3N3CCC3)cc21. The molecule has 2 aromatic heterocycles. The lowest BCUT2D eigenvalue weighted by molar-refractivity contribution is -0.165. The maximum absolute atomic E-state index is 11.7. The Bertz CT molecular complexity index is 1370. The molecule has 0 radical (unpaired) electrons. The van der Waals surface area contributed by atoms with Gasteiger partial charge in [0, 0.05) is 30.6 Å². The number of hydrogen-bond donors (Lipinski definition) is 1. The molecule has 0 aliphatic carbocycles. The Hall–Kier alpha value is -3.65. The molecule has 0 saturated carbocycles. The second-order valence-electron chi connectivity index (χ2n) is 9.17. The number of carboxylic acid groups (broad SMARTS) is 1. The van der Waals surface area contributed by atoms with Gasteiger partial charge in [-0.25, -0.2) is 9.48 Å². The lowest BCUT2D eigenvalue weighted by atomic mass is 10.0. The Kier molecular flexibility index (Phi) is 6.06. The molecule has 3 heterocycles. The maximum atomic E-state index is 11.7. The third-order valence-corrected chi connectivity index (χ3v) is 6.97. The number of anilines is 1. The summed E-state index contributed by atoms with van der Waals surface area (Å²) in [5.41, 5.74) is 4.57. The molecule has 1 unspecified atom stereocenters. The van der Waals surface area contributed by atoms with Crippen molar-refractivity contribution in [1.82, 2.24) is 19.6 Å². The van der Waals surface area contributed by atoms with E-state index in [1.807, 2.05) is 34.6 Å². The van der Waals surface area contributed by atoms with Crippen molar-refractivity contribution in [3.05, 3.63) is 60.4 Å². The van der Waals surface area contributed by atoms with Crippen molar-refractivity contribution in [3.8, 4) is 16.9 Å². The molecule has 4 aromatic rings. The van der Waals surface area contributed by atoms with E-state index in [2.05, 4.69) is 53.3 Å². The number of aromatic nitrogens is 4. The largest absolute Gasteiger partial charge is 0.479 e. The molecule has 1 fully saturated rings. The van der Waals surface area contributed by atoms with Crippen LogP contribution in [0, 0.1) is 0 Å². The predicted octanol–water partition coefficient (Wildman–Crippen LogP) is 4.89. The number of carbonyl (C=O) groups is 1. The van der Waals surface area contributed by atoms with Crippen molar-refractivity contribution in [1.29, 1.82) is 0 Å². The van der Waals surface area contributed by atoms with Gasteiger partial charge >= 0.3 is 5.97 Å². The third-order valence-electron chi connectivity index (χ3n) is 6.97. The lowest BCUT2D eigenvalue weighted by Gasteiger charge is -2.34. The minimum absolute atomic E-state index is 0.109. The van der Waals surface area contributed by atoms with Gasteiger partial charge in [0.05, 0.1) is 41.1 Å². The number of fused-ring (bicyclic) bond motifs is 1. The number of carboxylic acids is 1. The summed E-state index contributed by atoms with van der Waals surface area (Å²) in [7, 11) is 0. The van der Waals surface area contributed by atoms with Crippen LogP contribution in [0.25, 0.3) is 27.8 Å². The first-order valence-corrected chi connectivity index (χ1v) is 12.2. The molecule has 35 heavy (non-hydrogen) atoms. The highest BCUT2D eigenvalue weighted by molar-refractivity contribution is 5.84. The molecule has 2 aromatic carbocycles. The van der Waals surface area contributed by atoms with E-state index in [4.69, 9.17) is 9.84 Å². The molecule has 1 atom stereocenters. The molecule has 1 saturated heterocycles. The average molecular weight is 474 g/mol. The molecule has 182 valence electrons. The van der Waals surface area contributed by atoms with Crippen molar-refractivity contribution in [2.45, 2.75) is 52.4 Å². The molecule has 0 spiro atoms. The van der Waals surface area contributed by atoms with Gasteiger partial charge in [0.25, 0.3) is 0 Å². The second-order valence-corrected chi connectivity index (χ2v) is 9.17. The Morgan fingerprint density at radius 3 is 2.54 bits per heavy atom. The van der Waals surface area contributed by atoms with E-state index in [9.17, 15) is 9.90 Å². The highest BCUT2D eigenvalue weighted by atomic mass is 16.5. The zero-order chi connectivity index (χ0) is 24.6. The quantitative estimate of drug-likeness (QED) is 0.373. The van der Waals surface area contributed by atoms with Gasteiger partial charge in [0.1, 0.15) is 0 Å². The summed E-state index contributed by atoms with van der Waals surface area (Å²) in [6.07, 6.45) is 3.43. The fourth-order valence-electron chi connectivity index (χ4n) is 4.39. The zero-order valence-corrected chi connectivity index (χ0v) is 20.4. The lowest BCUT2D eigenvalue weighted by Crippen LogP contribution is -2.37. The highest BCUT2D eigenvalue weighted by Gasteiger charge is 2.32. The first kappa shape index (κ1) is 23.1. The summed E-state index contributed by atoms with van der Waals surface area (Å²) in [4.78, 5) is 14.1. The van der Waals surface area contributed by atoms with Gasteiger partial charge in [0.2, 0.25) is 0 Å². The van der Waals surface area contributed by atoms with Gasteiger partial charge in [-0.15, -0.1) is 0 Å². The topological polar surface area (TPSA) is 85.4 Å². The number of benzene rings is 2. The second kappa shape index (κ2) is 9.19. The van der Waals surface area contributed by atoms with Crippen LogP contribution < -0.4 is 4.90 Å². The fourth-order valence-corrected chi connectivity index (χ4v) is 4.39. The van der Waals surface area contributed by atoms with E-state index < -0.39 is 11.6 Å². The number of ether oxygens (including phenoxy) is 1. The maximum Gasteiger partial charge on any atom is 0.335 e. The molecule has 1 N–H and O–H groups in total. The summed E-state index contributed by atoms with van der Waals surface area (Å²) < 4.78 is 9.82. The van der Waals surface area contributed by atoms with E-state index in [1.165, 1.54) is 6.42 Å². The van der Waals surface area contributed by atoms with Crippen molar-refractivity contribution >= 4 is 22.6 Å². The molecule has 0 bridgehead atoms. The van der Waals surface area contributed by atoms with E-state index in [0.717, 1.165) is 53.2 Å². The summed E-state index contributed by atoms with van der Waals surface area (Å²) >= 11 is 0. The standard InChI is InChI=1S/C27H31N5O3/c1-4-27(3,26(33)34)35-18-21-16-25(19-11-12-20-17-28-31(5-2)24(20)15-19)32(29-21)23-10-7-6-9-22(23)30-13-8-14-30/h6-7,9-12,15-17H,4-5,8,13-14,18H2,1-3H3,(H,33,34). The Morgan fingerprint density at radius 1 is 1.11 bits per heavy atom. The van der Waals surface area contributed by atoms with Crippen LogP contribution in [0.4, 0.5) is 5.69 Å². The normalized spacial score (nSPS) is 15.2. The predicted molar refractivity (Wildman–Crippen MR) is 136 cm³/mol. The highest BCUT2D eigenvalue weighted by Crippen LogP contribution is 2.33. The Labute approximate surface area is 204 Å². The van der Waals surface area contributed by atoms with Gasteiger partial charge < -0.3 is 14.7 Å². The molecular weight excluding hydrogens is 442 g/mol. The number of aliphatic carboxylic acids is 1. The summed E-state index contributed by atoms with van der Waals surface area (Å²) in [6, 6.07) is 16.6. The fraction of sp³-hybridized carbons (Fsp3) is 0.370. The van der Waals surface area contributed by atoms with Crippen LogP contribution in [-0.4, -0.2) is 49.3 Å². The minimum Gasteiger partial charge on any atom is -0.479 e. The van der Waals surface area contributed by atoms with Crippen LogP contribution in [-0.2, 0) is 22.7 Å². The Balaban J connectivity index is 1.61. The van der Waals surface area contributed by atoms with Crippen LogP contribution in [0.1, 0.15) is 39.3 Å². The van der Waals surface area contributed by atoms with Gasteiger partial charge in [-0.2, -0.15) is 10.2 Å². The van der Waals surface area contributed by atoms with Crippen molar-refractivity contribution < 1.29 is 14.6 Å². The smallest absolute Gasteiger partial charge is 0.335 e. The number of nitrogens with zero attached hydrogens (tertiary/aromatic N) is 5. The third kappa shape index (κ3) is 4.18. The minimum atomic E-state index is -1.26. The first-order chi connectivity index (χ1) is 16.9.